The Bertz CT molecular complexity index is 610. The first-order chi connectivity index (χ1) is 10.2. The second-order valence-corrected chi connectivity index (χ2v) is 5.09. The van der Waals surface area contributed by atoms with Gasteiger partial charge in [-0.15, -0.1) is 0 Å². The molecule has 112 valence electrons. The number of unbranched alkanes of at least 4 members (excludes halogenated alkanes) is 4. The molecule has 1 heterocycles. The van der Waals surface area contributed by atoms with Crippen LogP contribution in [0, 0.1) is 0 Å². The van der Waals surface area contributed by atoms with Crippen LogP contribution in [0.2, 0.25) is 0 Å². The average molecular weight is 287 g/mol. The van der Waals surface area contributed by atoms with Gasteiger partial charge >= 0.3 is 5.97 Å². The molecule has 0 radical (unpaired) electrons. The lowest BCUT2D eigenvalue weighted by Crippen LogP contribution is -2.03. The third-order valence-corrected chi connectivity index (χ3v) is 3.42. The Morgan fingerprint density at radius 2 is 1.95 bits per heavy atom. The zero-order valence-electron chi connectivity index (χ0n) is 12.3. The Morgan fingerprint density at radius 3 is 2.71 bits per heavy atom. The Morgan fingerprint density at radius 1 is 1.19 bits per heavy atom. The highest BCUT2D eigenvalue weighted by molar-refractivity contribution is 6.02. The van der Waals surface area contributed by atoms with Gasteiger partial charge in [0.05, 0.1) is 17.7 Å². The molecule has 0 aliphatic heterocycles. The Hall–Kier alpha value is -2.10. The number of carboxylic acids is 1. The van der Waals surface area contributed by atoms with Crippen LogP contribution < -0.4 is 4.74 Å². The van der Waals surface area contributed by atoms with Crippen molar-refractivity contribution in [2.45, 2.75) is 39.0 Å². The van der Waals surface area contributed by atoms with Gasteiger partial charge in [-0.25, -0.2) is 9.78 Å². The van der Waals surface area contributed by atoms with E-state index in [1.165, 1.54) is 25.3 Å². The fraction of sp³-hybridized carbons (Fsp3) is 0.412. The number of hydrogen-bond donors (Lipinski definition) is 1. The summed E-state index contributed by atoms with van der Waals surface area (Å²) < 4.78 is 5.61. The number of carbonyl (C=O) groups is 1. The molecule has 0 fully saturated rings. The van der Waals surface area contributed by atoms with Crippen LogP contribution in [0.4, 0.5) is 0 Å². The molecule has 2 rings (SSSR count). The predicted octanol–water partition coefficient (Wildman–Crippen LogP) is 4.28. The normalized spacial score (nSPS) is 10.7. The van der Waals surface area contributed by atoms with Crippen molar-refractivity contribution < 1.29 is 14.6 Å². The number of para-hydroxylation sites is 1. The fourth-order valence-corrected chi connectivity index (χ4v) is 2.28. The van der Waals surface area contributed by atoms with Crippen LogP contribution in [-0.4, -0.2) is 22.7 Å². The minimum absolute atomic E-state index is 0.238. The molecule has 0 saturated heterocycles. The summed E-state index contributed by atoms with van der Waals surface area (Å²) in [5, 5.41) is 9.93. The molecule has 0 spiro atoms. The van der Waals surface area contributed by atoms with E-state index in [1.54, 1.807) is 12.1 Å². The van der Waals surface area contributed by atoms with E-state index in [0.717, 1.165) is 12.8 Å². The van der Waals surface area contributed by atoms with Crippen molar-refractivity contribution >= 4 is 16.9 Å². The van der Waals surface area contributed by atoms with Crippen molar-refractivity contribution in [1.82, 2.24) is 4.98 Å². The summed E-state index contributed by atoms with van der Waals surface area (Å²) in [6, 6.07) is 8.73. The molecule has 0 bridgehead atoms. The van der Waals surface area contributed by atoms with E-state index in [1.807, 2.05) is 12.1 Å². The van der Waals surface area contributed by atoms with Gasteiger partial charge in [-0.05, 0) is 12.5 Å². The van der Waals surface area contributed by atoms with Gasteiger partial charge in [-0.2, -0.15) is 0 Å². The number of fused-ring (bicyclic) bond motifs is 1. The van der Waals surface area contributed by atoms with Crippen molar-refractivity contribution in [2.75, 3.05) is 6.61 Å². The second-order valence-electron chi connectivity index (χ2n) is 5.09. The molecule has 1 aromatic heterocycles. The van der Waals surface area contributed by atoms with Crippen LogP contribution in [0.25, 0.3) is 10.9 Å². The summed E-state index contributed by atoms with van der Waals surface area (Å²) in [6.07, 6.45) is 5.78. The summed E-state index contributed by atoms with van der Waals surface area (Å²) in [5.74, 6) is -0.567. The van der Waals surface area contributed by atoms with Gasteiger partial charge in [0, 0.05) is 11.5 Å². The highest BCUT2D eigenvalue weighted by atomic mass is 16.5. The van der Waals surface area contributed by atoms with E-state index in [2.05, 4.69) is 11.9 Å². The van der Waals surface area contributed by atoms with E-state index >= 15 is 0 Å². The highest BCUT2D eigenvalue weighted by Gasteiger charge is 2.12. The molecule has 4 nitrogen and oxygen atoms in total. The molecule has 0 saturated carbocycles. The number of hydrogen-bond acceptors (Lipinski definition) is 3. The Kier molecular flexibility index (Phi) is 5.55. The molecule has 0 aliphatic rings. The molecule has 0 unspecified atom stereocenters. The monoisotopic (exact) mass is 287 g/mol. The molecule has 1 N–H and O–H groups in total. The first-order valence-electron chi connectivity index (χ1n) is 7.48. The second kappa shape index (κ2) is 7.62. The quantitative estimate of drug-likeness (QED) is 0.736. The van der Waals surface area contributed by atoms with Gasteiger partial charge < -0.3 is 9.84 Å². The number of rotatable bonds is 8. The lowest BCUT2D eigenvalue weighted by atomic mass is 10.1. The number of aromatic nitrogens is 1. The van der Waals surface area contributed by atoms with Crippen LogP contribution in [0.15, 0.2) is 30.3 Å². The minimum Gasteiger partial charge on any atom is -0.478 e. The van der Waals surface area contributed by atoms with Crippen LogP contribution >= 0.6 is 0 Å². The summed E-state index contributed by atoms with van der Waals surface area (Å²) in [7, 11) is 0. The summed E-state index contributed by atoms with van der Waals surface area (Å²) >= 11 is 0. The van der Waals surface area contributed by atoms with Crippen molar-refractivity contribution in [2.24, 2.45) is 0 Å². The highest BCUT2D eigenvalue weighted by Crippen LogP contribution is 2.22. The van der Waals surface area contributed by atoms with Crippen LogP contribution in [-0.2, 0) is 0 Å². The van der Waals surface area contributed by atoms with E-state index < -0.39 is 5.97 Å². The van der Waals surface area contributed by atoms with E-state index in [9.17, 15) is 9.90 Å². The molecular formula is C17H21NO3. The average Bonchev–Trinajstić information content (AvgIpc) is 2.49. The number of nitrogens with zero attached hydrogens (tertiary/aromatic N) is 1. The molecule has 0 aliphatic carbocycles. The number of ether oxygens (including phenoxy) is 1. The Labute approximate surface area is 124 Å². The van der Waals surface area contributed by atoms with Crippen molar-refractivity contribution in [3.05, 3.63) is 35.9 Å². The van der Waals surface area contributed by atoms with Crippen molar-refractivity contribution in [1.29, 1.82) is 0 Å². The maximum atomic E-state index is 11.3. The summed E-state index contributed by atoms with van der Waals surface area (Å²) in [6.45, 7) is 2.76. The van der Waals surface area contributed by atoms with Gasteiger partial charge in [0.25, 0.3) is 0 Å². The minimum atomic E-state index is -0.957. The van der Waals surface area contributed by atoms with Crippen molar-refractivity contribution in [3.8, 4) is 5.88 Å². The maximum Gasteiger partial charge on any atom is 0.336 e. The fourth-order valence-electron chi connectivity index (χ4n) is 2.28. The lowest BCUT2D eigenvalue weighted by molar-refractivity contribution is 0.0698. The molecule has 0 amide bonds. The largest absolute Gasteiger partial charge is 0.478 e. The molecule has 1 aromatic carbocycles. The molecule has 0 atom stereocenters. The zero-order chi connectivity index (χ0) is 15.1. The van der Waals surface area contributed by atoms with E-state index in [-0.39, 0.29) is 5.56 Å². The third-order valence-electron chi connectivity index (χ3n) is 3.42. The van der Waals surface area contributed by atoms with Crippen LogP contribution in [0.3, 0.4) is 0 Å². The van der Waals surface area contributed by atoms with Gasteiger partial charge in [0.15, 0.2) is 0 Å². The third kappa shape index (κ3) is 4.18. The van der Waals surface area contributed by atoms with Crippen LogP contribution in [0.5, 0.6) is 5.88 Å². The summed E-state index contributed by atoms with van der Waals surface area (Å²) in [4.78, 5) is 15.7. The smallest absolute Gasteiger partial charge is 0.336 e. The maximum absolute atomic E-state index is 11.3. The molecule has 4 heteroatoms. The number of benzene rings is 1. The Balaban J connectivity index is 2.05. The van der Waals surface area contributed by atoms with Gasteiger partial charge in [-0.1, -0.05) is 50.8 Å². The SMILES string of the molecule is CCCCCCCOc1cc(C(=O)O)c2ccccc2n1. The molecular weight excluding hydrogens is 266 g/mol. The van der Waals surface area contributed by atoms with Crippen molar-refractivity contribution in [3.63, 3.8) is 0 Å². The number of aromatic carboxylic acids is 1. The first kappa shape index (κ1) is 15.3. The van der Waals surface area contributed by atoms with Gasteiger partial charge in [0.1, 0.15) is 0 Å². The van der Waals surface area contributed by atoms with Crippen LogP contribution in [0.1, 0.15) is 49.4 Å². The topological polar surface area (TPSA) is 59.4 Å². The predicted molar refractivity (Wildman–Crippen MR) is 83.0 cm³/mol. The number of pyridine rings is 1. The van der Waals surface area contributed by atoms with E-state index in [0.29, 0.717) is 23.4 Å². The molecule has 21 heavy (non-hydrogen) atoms. The summed E-state index contributed by atoms with van der Waals surface area (Å²) in [5.41, 5.74) is 0.889. The van der Waals surface area contributed by atoms with E-state index in [4.69, 9.17) is 4.74 Å². The first-order valence-corrected chi connectivity index (χ1v) is 7.48. The van der Waals surface area contributed by atoms with Gasteiger partial charge in [-0.3, -0.25) is 0 Å². The lowest BCUT2D eigenvalue weighted by Gasteiger charge is -2.08. The number of carboxylic acid groups (broad SMARTS) is 1. The van der Waals surface area contributed by atoms with Gasteiger partial charge in [0.2, 0.25) is 5.88 Å². The molecule has 2 aromatic rings. The standard InChI is InChI=1S/C17H21NO3/c1-2-3-4-5-8-11-21-16-12-14(17(19)20)13-9-6-7-10-15(13)18-16/h6-7,9-10,12H,2-5,8,11H2,1H3,(H,19,20). The zero-order valence-corrected chi connectivity index (χ0v) is 12.3.